The maximum atomic E-state index is 12.0. The highest BCUT2D eigenvalue weighted by Gasteiger charge is 2.31. The number of hydrogen-bond donors (Lipinski definition) is 2. The second-order valence-corrected chi connectivity index (χ2v) is 5.07. The number of piperidine rings is 1. The quantitative estimate of drug-likeness (QED) is 0.869. The summed E-state index contributed by atoms with van der Waals surface area (Å²) < 4.78 is 4.92. The van der Waals surface area contributed by atoms with Crippen molar-refractivity contribution in [1.29, 1.82) is 0 Å². The minimum Gasteiger partial charge on any atom is -0.481 e. The first-order chi connectivity index (χ1) is 9.06. The van der Waals surface area contributed by atoms with Crippen molar-refractivity contribution < 1.29 is 19.1 Å². The zero-order valence-corrected chi connectivity index (χ0v) is 10.8. The van der Waals surface area contributed by atoms with Gasteiger partial charge in [0.05, 0.1) is 18.4 Å². The van der Waals surface area contributed by atoms with Gasteiger partial charge in [-0.1, -0.05) is 6.92 Å². The van der Waals surface area contributed by atoms with Gasteiger partial charge in [0.2, 0.25) is 0 Å². The van der Waals surface area contributed by atoms with Crippen LogP contribution in [0.1, 0.15) is 18.9 Å². The molecule has 0 aliphatic carbocycles. The van der Waals surface area contributed by atoms with Crippen LogP contribution in [0.5, 0.6) is 0 Å². The highest BCUT2D eigenvalue weighted by Crippen LogP contribution is 2.21. The molecular formula is C13H18N2O4. The van der Waals surface area contributed by atoms with Crippen LogP contribution in [0.2, 0.25) is 0 Å². The van der Waals surface area contributed by atoms with E-state index < -0.39 is 11.9 Å². The Kier molecular flexibility index (Phi) is 4.09. The minimum absolute atomic E-state index is 0.203. The van der Waals surface area contributed by atoms with Crippen molar-refractivity contribution in [2.45, 2.75) is 19.9 Å². The second kappa shape index (κ2) is 5.77. The van der Waals surface area contributed by atoms with E-state index in [0.29, 0.717) is 19.5 Å². The molecule has 0 aromatic carbocycles. The standard InChI is InChI=1S/C13H18N2O4/c1-9-4-11(12(16)17)7-15(6-9)13(18)14-5-10-2-3-19-8-10/h2-3,8-9,11H,4-7H2,1H3,(H,14,18)(H,16,17). The van der Waals surface area contributed by atoms with Crippen molar-refractivity contribution in [3.8, 4) is 0 Å². The monoisotopic (exact) mass is 266 g/mol. The van der Waals surface area contributed by atoms with Gasteiger partial charge in [-0.15, -0.1) is 0 Å². The van der Waals surface area contributed by atoms with E-state index in [9.17, 15) is 9.59 Å². The Hall–Kier alpha value is -1.98. The molecule has 1 aromatic heterocycles. The number of carbonyl (C=O) groups is 2. The Morgan fingerprint density at radius 2 is 2.32 bits per heavy atom. The normalized spacial score (nSPS) is 23.1. The van der Waals surface area contributed by atoms with Gasteiger partial charge in [0.1, 0.15) is 0 Å². The van der Waals surface area contributed by atoms with Crippen LogP contribution in [0.4, 0.5) is 4.79 Å². The lowest BCUT2D eigenvalue weighted by molar-refractivity contribution is -0.143. The SMILES string of the molecule is CC1CC(C(=O)O)CN(C(=O)NCc2ccoc2)C1. The lowest BCUT2D eigenvalue weighted by Crippen LogP contribution is -2.49. The van der Waals surface area contributed by atoms with Crippen LogP contribution in [0.3, 0.4) is 0 Å². The first-order valence-corrected chi connectivity index (χ1v) is 6.33. The molecule has 104 valence electrons. The van der Waals surface area contributed by atoms with Crippen LogP contribution in [0.25, 0.3) is 0 Å². The third kappa shape index (κ3) is 3.49. The van der Waals surface area contributed by atoms with Crippen molar-refractivity contribution in [3.63, 3.8) is 0 Å². The molecule has 19 heavy (non-hydrogen) atoms. The topological polar surface area (TPSA) is 82.8 Å². The van der Waals surface area contributed by atoms with Crippen molar-refractivity contribution in [3.05, 3.63) is 24.2 Å². The predicted octanol–water partition coefficient (Wildman–Crippen LogP) is 1.53. The lowest BCUT2D eigenvalue weighted by atomic mass is 9.91. The molecule has 0 saturated carbocycles. The van der Waals surface area contributed by atoms with Crippen LogP contribution in [0, 0.1) is 11.8 Å². The smallest absolute Gasteiger partial charge is 0.317 e. The van der Waals surface area contributed by atoms with E-state index in [0.717, 1.165) is 5.56 Å². The van der Waals surface area contributed by atoms with Gasteiger partial charge >= 0.3 is 12.0 Å². The van der Waals surface area contributed by atoms with Gasteiger partial charge in [0.15, 0.2) is 0 Å². The van der Waals surface area contributed by atoms with E-state index in [2.05, 4.69) is 5.32 Å². The molecule has 1 saturated heterocycles. The lowest BCUT2D eigenvalue weighted by Gasteiger charge is -2.34. The summed E-state index contributed by atoms with van der Waals surface area (Å²) in [7, 11) is 0. The number of nitrogens with one attached hydrogen (secondary N) is 1. The van der Waals surface area contributed by atoms with Gasteiger partial charge in [-0.3, -0.25) is 4.79 Å². The van der Waals surface area contributed by atoms with Crippen LogP contribution in [-0.2, 0) is 11.3 Å². The summed E-state index contributed by atoms with van der Waals surface area (Å²) in [6.45, 7) is 3.22. The summed E-state index contributed by atoms with van der Waals surface area (Å²) in [6, 6.07) is 1.55. The molecule has 0 spiro atoms. The number of hydrogen-bond acceptors (Lipinski definition) is 3. The zero-order chi connectivity index (χ0) is 13.8. The number of aliphatic carboxylic acids is 1. The van der Waals surface area contributed by atoms with Crippen LogP contribution in [-0.4, -0.2) is 35.1 Å². The molecular weight excluding hydrogens is 248 g/mol. The largest absolute Gasteiger partial charge is 0.481 e. The number of furan rings is 1. The molecule has 2 rings (SSSR count). The summed E-state index contributed by atoms with van der Waals surface area (Å²) in [5.41, 5.74) is 0.883. The maximum absolute atomic E-state index is 12.0. The van der Waals surface area contributed by atoms with Gasteiger partial charge in [-0.25, -0.2) is 4.79 Å². The fraction of sp³-hybridized carbons (Fsp3) is 0.538. The number of urea groups is 1. The zero-order valence-electron chi connectivity index (χ0n) is 10.8. The van der Waals surface area contributed by atoms with E-state index in [1.54, 1.807) is 23.5 Å². The van der Waals surface area contributed by atoms with E-state index in [1.165, 1.54) is 0 Å². The molecule has 1 aliphatic rings. The Morgan fingerprint density at radius 1 is 1.53 bits per heavy atom. The predicted molar refractivity (Wildman–Crippen MR) is 67.4 cm³/mol. The Bertz CT molecular complexity index is 444. The number of amides is 2. The average Bonchev–Trinajstić information content (AvgIpc) is 2.88. The molecule has 2 amide bonds. The summed E-state index contributed by atoms with van der Waals surface area (Å²) in [5.74, 6) is -1.10. The Morgan fingerprint density at radius 3 is 2.95 bits per heavy atom. The maximum Gasteiger partial charge on any atom is 0.317 e. The number of likely N-dealkylation sites (tertiary alicyclic amines) is 1. The average molecular weight is 266 g/mol. The number of rotatable bonds is 3. The molecule has 0 bridgehead atoms. The van der Waals surface area contributed by atoms with Crippen molar-refractivity contribution in [2.75, 3.05) is 13.1 Å². The van der Waals surface area contributed by atoms with E-state index >= 15 is 0 Å². The third-order valence-electron chi connectivity index (χ3n) is 3.32. The molecule has 6 heteroatoms. The molecule has 0 radical (unpaired) electrons. The summed E-state index contributed by atoms with van der Waals surface area (Å²) >= 11 is 0. The molecule has 2 heterocycles. The first kappa shape index (κ1) is 13.5. The summed E-state index contributed by atoms with van der Waals surface area (Å²) in [6.07, 6.45) is 3.74. The fourth-order valence-corrected chi connectivity index (χ4v) is 2.38. The van der Waals surface area contributed by atoms with Crippen molar-refractivity contribution >= 4 is 12.0 Å². The van der Waals surface area contributed by atoms with Gasteiger partial charge in [0, 0.05) is 25.2 Å². The van der Waals surface area contributed by atoms with Crippen molar-refractivity contribution in [2.24, 2.45) is 11.8 Å². The van der Waals surface area contributed by atoms with E-state index in [-0.39, 0.29) is 18.5 Å². The Balaban J connectivity index is 1.89. The first-order valence-electron chi connectivity index (χ1n) is 6.33. The van der Waals surface area contributed by atoms with E-state index in [1.807, 2.05) is 6.92 Å². The number of carbonyl (C=O) groups excluding carboxylic acids is 1. The third-order valence-corrected chi connectivity index (χ3v) is 3.32. The molecule has 1 fully saturated rings. The van der Waals surface area contributed by atoms with Crippen LogP contribution >= 0.6 is 0 Å². The van der Waals surface area contributed by atoms with Crippen molar-refractivity contribution in [1.82, 2.24) is 10.2 Å². The molecule has 1 aromatic rings. The molecule has 6 nitrogen and oxygen atoms in total. The summed E-state index contributed by atoms with van der Waals surface area (Å²) in [5, 5.41) is 11.8. The highest BCUT2D eigenvalue weighted by molar-refractivity contribution is 5.76. The van der Waals surface area contributed by atoms with Crippen LogP contribution in [0.15, 0.2) is 23.0 Å². The minimum atomic E-state index is -0.834. The van der Waals surface area contributed by atoms with Gasteiger partial charge in [-0.2, -0.15) is 0 Å². The van der Waals surface area contributed by atoms with Gasteiger partial charge in [0.25, 0.3) is 0 Å². The fourth-order valence-electron chi connectivity index (χ4n) is 2.38. The molecule has 2 unspecified atom stereocenters. The second-order valence-electron chi connectivity index (χ2n) is 5.07. The number of nitrogens with zero attached hydrogens (tertiary/aromatic N) is 1. The van der Waals surface area contributed by atoms with Gasteiger partial charge in [-0.05, 0) is 18.4 Å². The van der Waals surface area contributed by atoms with Gasteiger partial charge < -0.3 is 19.7 Å². The highest BCUT2D eigenvalue weighted by atomic mass is 16.4. The summed E-state index contributed by atoms with van der Waals surface area (Å²) in [4.78, 5) is 24.6. The van der Waals surface area contributed by atoms with Crippen LogP contribution < -0.4 is 5.32 Å². The van der Waals surface area contributed by atoms with E-state index in [4.69, 9.17) is 9.52 Å². The number of carboxylic acids is 1. The molecule has 2 N–H and O–H groups in total. The number of carboxylic acid groups (broad SMARTS) is 1. The Labute approximate surface area is 111 Å². The molecule has 2 atom stereocenters. The molecule has 1 aliphatic heterocycles.